The molecule has 1 saturated heterocycles. The van der Waals surface area contributed by atoms with E-state index < -0.39 is 0 Å². The first-order valence-corrected chi connectivity index (χ1v) is 11.3. The number of aromatic amines is 1. The number of carbonyl (C=O) groups is 1. The third-order valence-electron chi connectivity index (χ3n) is 6.47. The number of amides is 1. The average molecular weight is 416 g/mol. The number of nitrogens with one attached hydrogen (secondary N) is 1. The number of fused-ring (bicyclic) bond motifs is 2. The van der Waals surface area contributed by atoms with Crippen molar-refractivity contribution in [3.05, 3.63) is 72.1 Å². The molecule has 5 rings (SSSR count). The summed E-state index contributed by atoms with van der Waals surface area (Å²) in [5.74, 6) is 1.67. The molecule has 0 unspecified atom stereocenters. The summed E-state index contributed by atoms with van der Waals surface area (Å²) < 4.78 is 5.99. The normalized spacial score (nSPS) is 15.6. The van der Waals surface area contributed by atoms with Gasteiger partial charge in [-0.1, -0.05) is 36.4 Å². The smallest absolute Gasteiger partial charge is 0.270 e. The highest BCUT2D eigenvalue weighted by Gasteiger charge is 2.25. The molecule has 2 aromatic carbocycles. The van der Waals surface area contributed by atoms with Crippen LogP contribution < -0.4 is 0 Å². The Kier molecular flexibility index (Phi) is 5.51. The van der Waals surface area contributed by atoms with Gasteiger partial charge in [0, 0.05) is 29.4 Å². The number of H-pyrrole nitrogens is 1. The fourth-order valence-corrected chi connectivity index (χ4v) is 4.69. The average Bonchev–Trinajstić information content (AvgIpc) is 3.41. The van der Waals surface area contributed by atoms with E-state index in [0.29, 0.717) is 11.6 Å². The monoisotopic (exact) mass is 415 g/mol. The maximum Gasteiger partial charge on any atom is 0.270 e. The summed E-state index contributed by atoms with van der Waals surface area (Å²) >= 11 is 0. The second-order valence-corrected chi connectivity index (χ2v) is 8.58. The topological polar surface area (TPSA) is 52.5 Å². The first-order chi connectivity index (χ1) is 15.2. The van der Waals surface area contributed by atoms with E-state index in [4.69, 9.17) is 4.42 Å². The molecule has 5 heteroatoms. The Morgan fingerprint density at radius 2 is 1.81 bits per heavy atom. The molecule has 31 heavy (non-hydrogen) atoms. The van der Waals surface area contributed by atoms with Gasteiger partial charge in [0.15, 0.2) is 0 Å². The van der Waals surface area contributed by atoms with Crippen LogP contribution in [0.15, 0.2) is 65.1 Å². The maximum atomic E-state index is 13.1. The van der Waals surface area contributed by atoms with Crippen LogP contribution in [0.4, 0.5) is 0 Å². The number of nitrogens with zero attached hydrogens (tertiary/aromatic N) is 2. The predicted molar refractivity (Wildman–Crippen MR) is 124 cm³/mol. The second kappa shape index (κ2) is 8.60. The number of hydrogen-bond donors (Lipinski definition) is 1. The summed E-state index contributed by atoms with van der Waals surface area (Å²) in [4.78, 5) is 20.8. The van der Waals surface area contributed by atoms with Crippen molar-refractivity contribution in [2.75, 3.05) is 26.2 Å². The van der Waals surface area contributed by atoms with Crippen molar-refractivity contribution in [1.82, 2.24) is 14.8 Å². The minimum atomic E-state index is 0.100. The molecule has 0 spiro atoms. The fourth-order valence-electron chi connectivity index (χ4n) is 4.69. The quantitative estimate of drug-likeness (QED) is 0.466. The van der Waals surface area contributed by atoms with Crippen LogP contribution in [-0.4, -0.2) is 46.9 Å². The molecular formula is C26H29N3O2. The third-order valence-corrected chi connectivity index (χ3v) is 6.47. The highest BCUT2D eigenvalue weighted by Crippen LogP contribution is 2.24. The summed E-state index contributed by atoms with van der Waals surface area (Å²) in [6, 6.07) is 20.3. The summed E-state index contributed by atoms with van der Waals surface area (Å²) in [5, 5.41) is 2.25. The highest BCUT2D eigenvalue weighted by molar-refractivity contribution is 5.98. The van der Waals surface area contributed by atoms with E-state index in [2.05, 4.69) is 28.9 Å². The van der Waals surface area contributed by atoms with E-state index >= 15 is 0 Å². The number of rotatable bonds is 6. The highest BCUT2D eigenvalue weighted by atomic mass is 16.3. The van der Waals surface area contributed by atoms with Gasteiger partial charge in [-0.05, 0) is 63.0 Å². The van der Waals surface area contributed by atoms with Crippen molar-refractivity contribution in [3.8, 4) is 0 Å². The number of benzene rings is 2. The Bertz CT molecular complexity index is 1120. The summed E-state index contributed by atoms with van der Waals surface area (Å²) in [7, 11) is 0. The van der Waals surface area contributed by atoms with Gasteiger partial charge in [-0.15, -0.1) is 0 Å². The Morgan fingerprint density at radius 1 is 1.06 bits per heavy atom. The zero-order chi connectivity index (χ0) is 21.2. The van der Waals surface area contributed by atoms with Crippen LogP contribution in [0.3, 0.4) is 0 Å². The molecule has 0 radical (unpaired) electrons. The Labute approximate surface area is 182 Å². The number of furan rings is 1. The zero-order valence-electron chi connectivity index (χ0n) is 18.0. The summed E-state index contributed by atoms with van der Waals surface area (Å²) in [6.45, 7) is 6.56. The molecule has 4 aromatic rings. The van der Waals surface area contributed by atoms with Crippen LogP contribution in [0.2, 0.25) is 0 Å². The van der Waals surface area contributed by atoms with Crippen LogP contribution in [0.1, 0.15) is 36.0 Å². The number of likely N-dealkylation sites (tertiary alicyclic amines) is 1. The lowest BCUT2D eigenvalue weighted by molar-refractivity contribution is 0.0691. The molecule has 5 nitrogen and oxygen atoms in total. The molecule has 1 aliphatic heterocycles. The van der Waals surface area contributed by atoms with Crippen LogP contribution in [0, 0.1) is 5.92 Å². The van der Waals surface area contributed by atoms with E-state index in [1.54, 1.807) is 0 Å². The van der Waals surface area contributed by atoms with Gasteiger partial charge >= 0.3 is 0 Å². The maximum absolute atomic E-state index is 13.1. The molecule has 0 bridgehead atoms. The van der Waals surface area contributed by atoms with Gasteiger partial charge in [0.05, 0.1) is 6.54 Å². The molecule has 1 N–H and O–H groups in total. The largest absolute Gasteiger partial charge is 0.460 e. The molecule has 2 aromatic heterocycles. The molecule has 0 saturated carbocycles. The lowest BCUT2D eigenvalue weighted by atomic mass is 9.96. The zero-order valence-corrected chi connectivity index (χ0v) is 18.0. The van der Waals surface area contributed by atoms with E-state index in [1.165, 1.54) is 5.39 Å². The van der Waals surface area contributed by atoms with E-state index in [1.807, 2.05) is 53.4 Å². The van der Waals surface area contributed by atoms with Crippen LogP contribution >= 0.6 is 0 Å². The lowest BCUT2D eigenvalue weighted by Crippen LogP contribution is -2.40. The van der Waals surface area contributed by atoms with Gasteiger partial charge in [-0.3, -0.25) is 9.69 Å². The molecule has 1 aliphatic rings. The number of para-hydroxylation sites is 2. The van der Waals surface area contributed by atoms with Crippen LogP contribution in [-0.2, 0) is 6.54 Å². The molecule has 0 aliphatic carbocycles. The molecule has 1 amide bonds. The van der Waals surface area contributed by atoms with Gasteiger partial charge in [-0.25, -0.2) is 0 Å². The van der Waals surface area contributed by atoms with Gasteiger partial charge in [0.25, 0.3) is 5.91 Å². The van der Waals surface area contributed by atoms with E-state index in [-0.39, 0.29) is 5.91 Å². The van der Waals surface area contributed by atoms with Gasteiger partial charge in [0.1, 0.15) is 17.0 Å². The molecule has 3 heterocycles. The van der Waals surface area contributed by atoms with Gasteiger partial charge < -0.3 is 14.3 Å². The van der Waals surface area contributed by atoms with Crippen molar-refractivity contribution in [1.29, 1.82) is 0 Å². The third kappa shape index (κ3) is 4.23. The number of carbonyl (C=O) groups excluding carboxylic acids is 1. The van der Waals surface area contributed by atoms with Crippen molar-refractivity contribution in [2.24, 2.45) is 5.92 Å². The molecule has 160 valence electrons. The van der Waals surface area contributed by atoms with Gasteiger partial charge in [-0.2, -0.15) is 0 Å². The molecular weight excluding hydrogens is 386 g/mol. The predicted octanol–water partition coefficient (Wildman–Crippen LogP) is 5.29. The summed E-state index contributed by atoms with van der Waals surface area (Å²) in [6.07, 6.45) is 2.22. The van der Waals surface area contributed by atoms with Crippen molar-refractivity contribution < 1.29 is 9.21 Å². The Hall–Kier alpha value is -3.05. The minimum Gasteiger partial charge on any atom is -0.460 e. The fraction of sp³-hybridized carbons (Fsp3) is 0.346. The van der Waals surface area contributed by atoms with Crippen molar-refractivity contribution in [2.45, 2.75) is 26.3 Å². The molecule has 0 atom stereocenters. The second-order valence-electron chi connectivity index (χ2n) is 8.58. The van der Waals surface area contributed by atoms with Crippen molar-refractivity contribution >= 4 is 27.8 Å². The van der Waals surface area contributed by atoms with Crippen LogP contribution in [0.5, 0.6) is 0 Å². The van der Waals surface area contributed by atoms with Crippen molar-refractivity contribution in [3.63, 3.8) is 0 Å². The Balaban J connectivity index is 1.17. The minimum absolute atomic E-state index is 0.100. The van der Waals surface area contributed by atoms with Gasteiger partial charge in [0.2, 0.25) is 0 Å². The number of hydrogen-bond acceptors (Lipinski definition) is 3. The lowest BCUT2D eigenvalue weighted by Gasteiger charge is -2.34. The first-order valence-electron chi connectivity index (χ1n) is 11.3. The SMILES string of the molecule is CCN(CC1CCN(Cc2cc3ccccc3o2)CC1)C(=O)c1cc2ccccc2[nH]1. The number of piperidine rings is 1. The number of aromatic nitrogens is 1. The Morgan fingerprint density at radius 3 is 2.55 bits per heavy atom. The molecule has 1 fully saturated rings. The standard InChI is InChI=1S/C26H29N3O2/c1-2-29(26(30)24-16-20-7-3-5-9-23(20)27-24)17-19-11-13-28(14-12-19)18-22-15-21-8-4-6-10-25(21)31-22/h3-10,15-16,19,27H,2,11-14,17-18H2,1H3. The van der Waals surface area contributed by atoms with E-state index in [9.17, 15) is 4.79 Å². The first kappa shape index (κ1) is 19.9. The van der Waals surface area contributed by atoms with E-state index in [0.717, 1.165) is 67.8 Å². The summed E-state index contributed by atoms with van der Waals surface area (Å²) in [5.41, 5.74) is 2.66. The van der Waals surface area contributed by atoms with Crippen LogP contribution in [0.25, 0.3) is 21.9 Å².